The highest BCUT2D eigenvalue weighted by Crippen LogP contribution is 2.33. The number of aliphatic hydroxyl groups is 1. The van der Waals surface area contributed by atoms with Gasteiger partial charge in [-0.1, -0.05) is 42.4 Å². The summed E-state index contributed by atoms with van der Waals surface area (Å²) in [5, 5.41) is 26.0. The fourth-order valence-electron chi connectivity index (χ4n) is 4.79. The Bertz CT molecular complexity index is 1590. The molecule has 10 nitrogen and oxygen atoms in total. The predicted molar refractivity (Wildman–Crippen MR) is 146 cm³/mol. The van der Waals surface area contributed by atoms with Crippen molar-refractivity contribution in [3.63, 3.8) is 0 Å². The zero-order valence-corrected chi connectivity index (χ0v) is 22.2. The molecule has 0 spiro atoms. The zero-order valence-electron chi connectivity index (χ0n) is 21.5. The first kappa shape index (κ1) is 26.1. The predicted octanol–water partition coefficient (Wildman–Crippen LogP) is 3.84. The monoisotopic (exact) mass is 543 g/mol. The quantitative estimate of drug-likeness (QED) is 0.278. The highest BCUT2D eigenvalue weighted by molar-refractivity contribution is 6.30. The Hall–Kier alpha value is -4.57. The number of aryl methyl sites for hydroxylation is 1. The van der Waals surface area contributed by atoms with Crippen LogP contribution in [0.15, 0.2) is 61.4 Å². The number of aliphatic hydroxyl groups excluding tert-OH is 1. The molecule has 4 aromatic rings. The summed E-state index contributed by atoms with van der Waals surface area (Å²) in [7, 11) is 1.83. The third-order valence-corrected chi connectivity index (χ3v) is 7.14. The molecule has 0 saturated carbocycles. The number of Topliss-reactive ketones (excluding diaryl/α,β-unsaturated/α-hetero) is 1. The second-order valence-corrected chi connectivity index (χ2v) is 9.77. The van der Waals surface area contributed by atoms with Gasteiger partial charge in [0.25, 0.3) is 0 Å². The number of fused-ring (bicyclic) bond motifs is 1. The average Bonchev–Trinajstić information content (AvgIpc) is 3.55. The summed E-state index contributed by atoms with van der Waals surface area (Å²) in [6, 6.07) is 11.3. The summed E-state index contributed by atoms with van der Waals surface area (Å²) in [5.41, 5.74) is 5.20. The van der Waals surface area contributed by atoms with Crippen LogP contribution in [-0.4, -0.2) is 58.2 Å². The maximum Gasteiger partial charge on any atom is 0.247 e. The number of hydrogen-bond donors (Lipinski definition) is 1. The van der Waals surface area contributed by atoms with Crippen molar-refractivity contribution in [2.45, 2.75) is 25.8 Å². The molecule has 11 heteroatoms. The molecule has 0 bridgehead atoms. The van der Waals surface area contributed by atoms with Gasteiger partial charge in [-0.05, 0) is 53.6 Å². The molecular formula is C28H26ClN7O3. The number of rotatable bonds is 7. The van der Waals surface area contributed by atoms with E-state index < -0.39 is 6.04 Å². The summed E-state index contributed by atoms with van der Waals surface area (Å²) >= 11 is 6.22. The first-order chi connectivity index (χ1) is 18.7. The highest BCUT2D eigenvalue weighted by atomic mass is 35.5. The van der Waals surface area contributed by atoms with Gasteiger partial charge in [-0.3, -0.25) is 14.3 Å². The van der Waals surface area contributed by atoms with Crippen LogP contribution in [0.2, 0.25) is 5.02 Å². The number of aromatic nitrogens is 6. The summed E-state index contributed by atoms with van der Waals surface area (Å²) in [4.78, 5) is 28.9. The van der Waals surface area contributed by atoms with E-state index in [-0.39, 0.29) is 23.9 Å². The van der Waals surface area contributed by atoms with Gasteiger partial charge in [0.1, 0.15) is 18.1 Å². The molecule has 2 aromatic carbocycles. The Morgan fingerprint density at radius 3 is 2.67 bits per heavy atom. The van der Waals surface area contributed by atoms with E-state index in [1.54, 1.807) is 58.1 Å². The van der Waals surface area contributed by atoms with Crippen molar-refractivity contribution < 1.29 is 14.7 Å². The molecule has 198 valence electrons. The summed E-state index contributed by atoms with van der Waals surface area (Å²) in [6.45, 7) is 5.86. The summed E-state index contributed by atoms with van der Waals surface area (Å²) in [6.07, 6.45) is 5.23. The van der Waals surface area contributed by atoms with Crippen LogP contribution in [0.4, 0.5) is 0 Å². The second kappa shape index (κ2) is 10.7. The molecule has 1 amide bonds. The largest absolute Gasteiger partial charge is 0.508 e. The lowest BCUT2D eigenvalue weighted by Gasteiger charge is -2.33. The lowest BCUT2D eigenvalue weighted by molar-refractivity contribution is -0.136. The number of nitrogens with zero attached hydrogens (tertiary/aromatic N) is 7. The highest BCUT2D eigenvalue weighted by Gasteiger charge is 2.38. The van der Waals surface area contributed by atoms with Crippen LogP contribution in [0.1, 0.15) is 39.7 Å². The minimum Gasteiger partial charge on any atom is -0.508 e. The van der Waals surface area contributed by atoms with Crippen LogP contribution in [-0.2, 0) is 29.5 Å². The van der Waals surface area contributed by atoms with E-state index in [2.05, 4.69) is 27.2 Å². The van der Waals surface area contributed by atoms with Crippen molar-refractivity contribution in [1.29, 1.82) is 0 Å². The number of amides is 1. The molecule has 5 rings (SSSR count). The Labute approximate surface area is 229 Å². The topological polar surface area (TPSA) is 119 Å². The maximum absolute atomic E-state index is 13.7. The van der Waals surface area contributed by atoms with Gasteiger partial charge in [0, 0.05) is 53.5 Å². The number of halogens is 1. The fraction of sp³-hybridized carbons (Fsp3) is 0.214. The molecule has 0 fully saturated rings. The zero-order chi connectivity index (χ0) is 27.7. The van der Waals surface area contributed by atoms with Crippen molar-refractivity contribution >= 4 is 35.1 Å². The number of benzene rings is 2. The van der Waals surface area contributed by atoms with Gasteiger partial charge in [0.15, 0.2) is 5.78 Å². The normalized spacial score (nSPS) is 14.9. The number of tetrazole rings is 1. The number of carbonyl (C=O) groups excluding carboxylic acids is 2. The molecule has 0 saturated heterocycles. The first-order valence-corrected chi connectivity index (χ1v) is 12.6. The lowest BCUT2D eigenvalue weighted by Crippen LogP contribution is -2.43. The van der Waals surface area contributed by atoms with E-state index in [1.165, 1.54) is 17.1 Å². The van der Waals surface area contributed by atoms with Gasteiger partial charge in [-0.2, -0.15) is 9.78 Å². The standard InChI is InChI=1S/C28H26ClN7O3/c1-17-23-12-13-35(26(39)11-8-21-15-22(29)9-10-24(21)36-16-30-32-33-36)28(27(23)31-34(17)3)25(38)14-19-4-6-20(7-5-19)18(2)37/h4-11,15-16,28,37H,2,12-14H2,1,3H3/b11-8+. The van der Waals surface area contributed by atoms with E-state index in [0.29, 0.717) is 40.5 Å². The average molecular weight is 544 g/mol. The number of ketones is 1. The van der Waals surface area contributed by atoms with Crippen LogP contribution in [0, 0.1) is 6.92 Å². The molecule has 1 N–H and O–H groups in total. The van der Waals surface area contributed by atoms with Gasteiger partial charge in [0.2, 0.25) is 5.91 Å². The molecule has 1 unspecified atom stereocenters. The Kier molecular flexibility index (Phi) is 7.12. The Morgan fingerprint density at radius 1 is 1.21 bits per heavy atom. The minimum atomic E-state index is -0.836. The molecule has 1 aliphatic rings. The Balaban J connectivity index is 1.45. The third kappa shape index (κ3) is 5.23. The molecule has 0 radical (unpaired) electrons. The van der Waals surface area contributed by atoms with Crippen molar-refractivity contribution in [3.05, 3.63) is 100 Å². The first-order valence-electron chi connectivity index (χ1n) is 12.3. The number of hydrogen-bond acceptors (Lipinski definition) is 7. The second-order valence-electron chi connectivity index (χ2n) is 9.33. The van der Waals surface area contributed by atoms with Crippen molar-refractivity contribution in [3.8, 4) is 5.69 Å². The van der Waals surface area contributed by atoms with Crippen LogP contribution in [0.25, 0.3) is 17.5 Å². The van der Waals surface area contributed by atoms with Crippen LogP contribution >= 0.6 is 11.6 Å². The molecule has 1 atom stereocenters. The van der Waals surface area contributed by atoms with Crippen LogP contribution in [0.5, 0.6) is 0 Å². The van der Waals surface area contributed by atoms with E-state index in [9.17, 15) is 14.7 Å². The molecule has 2 aromatic heterocycles. The number of carbonyl (C=O) groups is 2. The van der Waals surface area contributed by atoms with E-state index in [4.69, 9.17) is 11.6 Å². The molecule has 39 heavy (non-hydrogen) atoms. The van der Waals surface area contributed by atoms with Crippen molar-refractivity contribution in [2.75, 3.05) is 6.54 Å². The van der Waals surface area contributed by atoms with E-state index >= 15 is 0 Å². The van der Waals surface area contributed by atoms with Crippen molar-refractivity contribution in [2.24, 2.45) is 7.05 Å². The lowest BCUT2D eigenvalue weighted by atomic mass is 9.91. The fourth-order valence-corrected chi connectivity index (χ4v) is 4.97. The molecule has 0 aliphatic carbocycles. The van der Waals surface area contributed by atoms with Gasteiger partial charge in [-0.25, -0.2) is 0 Å². The van der Waals surface area contributed by atoms with E-state index in [0.717, 1.165) is 16.8 Å². The Morgan fingerprint density at radius 2 is 1.97 bits per heavy atom. The molecular weight excluding hydrogens is 518 g/mol. The molecule has 1 aliphatic heterocycles. The summed E-state index contributed by atoms with van der Waals surface area (Å²) in [5.74, 6) is -0.513. The smallest absolute Gasteiger partial charge is 0.247 e. The summed E-state index contributed by atoms with van der Waals surface area (Å²) < 4.78 is 3.23. The van der Waals surface area contributed by atoms with E-state index in [1.807, 2.05) is 14.0 Å². The minimum absolute atomic E-state index is 0.0414. The molecule has 3 heterocycles. The van der Waals surface area contributed by atoms with Crippen LogP contribution in [0.3, 0.4) is 0 Å². The van der Waals surface area contributed by atoms with Crippen LogP contribution < -0.4 is 0 Å². The third-order valence-electron chi connectivity index (χ3n) is 6.91. The SMILES string of the molecule is C=C(O)c1ccc(CC(=O)C2c3nn(C)c(C)c3CCN2C(=O)/C=C/c2cc(Cl)ccc2-n2cnnn2)cc1. The van der Waals surface area contributed by atoms with Gasteiger partial charge >= 0.3 is 0 Å². The van der Waals surface area contributed by atoms with Crippen molar-refractivity contribution in [1.82, 2.24) is 34.9 Å². The van der Waals surface area contributed by atoms with Gasteiger partial charge in [-0.15, -0.1) is 5.10 Å². The van der Waals surface area contributed by atoms with Gasteiger partial charge < -0.3 is 10.0 Å². The van der Waals surface area contributed by atoms with Gasteiger partial charge in [0.05, 0.1) is 11.4 Å². The maximum atomic E-state index is 13.7.